The monoisotopic (exact) mass is 169 g/mol. The van der Waals surface area contributed by atoms with Crippen molar-refractivity contribution < 1.29 is 9.63 Å². The Morgan fingerprint density at radius 2 is 2.42 bits per heavy atom. The Morgan fingerprint density at radius 3 is 2.83 bits per heavy atom. The van der Waals surface area contributed by atoms with Gasteiger partial charge in [-0.2, -0.15) is 0 Å². The molecule has 0 spiro atoms. The third kappa shape index (κ3) is 1.85. The van der Waals surface area contributed by atoms with Crippen LogP contribution in [0, 0.1) is 5.92 Å². The smallest absolute Gasteiger partial charge is 0.272 e. The van der Waals surface area contributed by atoms with Crippen LogP contribution in [0.1, 0.15) is 19.8 Å². The number of hydroxylamine groups is 2. The van der Waals surface area contributed by atoms with Crippen molar-refractivity contribution in [2.75, 3.05) is 14.2 Å². The van der Waals surface area contributed by atoms with Crippen molar-refractivity contribution in [1.82, 2.24) is 5.06 Å². The van der Waals surface area contributed by atoms with Crippen molar-refractivity contribution in [3.8, 4) is 0 Å². The summed E-state index contributed by atoms with van der Waals surface area (Å²) in [5.74, 6) is 0.524. The van der Waals surface area contributed by atoms with Gasteiger partial charge in [0, 0.05) is 12.6 Å². The molecule has 0 aliphatic heterocycles. The second kappa shape index (κ2) is 3.72. The Kier molecular flexibility index (Phi) is 2.87. The van der Waals surface area contributed by atoms with E-state index >= 15 is 0 Å². The topological polar surface area (TPSA) is 29.5 Å². The molecule has 0 radical (unpaired) electrons. The van der Waals surface area contributed by atoms with Gasteiger partial charge in [0.1, 0.15) is 0 Å². The first-order valence-corrected chi connectivity index (χ1v) is 4.18. The summed E-state index contributed by atoms with van der Waals surface area (Å²) in [5.41, 5.74) is 0.881. The van der Waals surface area contributed by atoms with Crippen molar-refractivity contribution in [2.45, 2.75) is 19.8 Å². The fraction of sp³-hybridized carbons (Fsp3) is 0.667. The van der Waals surface area contributed by atoms with Gasteiger partial charge in [-0.3, -0.25) is 9.63 Å². The van der Waals surface area contributed by atoms with Crippen LogP contribution < -0.4 is 0 Å². The summed E-state index contributed by atoms with van der Waals surface area (Å²) >= 11 is 0. The number of carbonyl (C=O) groups is 1. The van der Waals surface area contributed by atoms with E-state index in [9.17, 15) is 4.79 Å². The summed E-state index contributed by atoms with van der Waals surface area (Å²) in [6.07, 6.45) is 3.99. The van der Waals surface area contributed by atoms with Crippen molar-refractivity contribution in [3.05, 3.63) is 11.6 Å². The maximum absolute atomic E-state index is 11.5. The number of likely N-dealkylation sites (N-methyl/N-ethyl adjacent to an activating group) is 1. The number of allylic oxidation sites excluding steroid dienone is 1. The zero-order chi connectivity index (χ0) is 9.14. The molecule has 0 aromatic heterocycles. The number of hydrogen-bond donors (Lipinski definition) is 0. The van der Waals surface area contributed by atoms with Crippen LogP contribution >= 0.6 is 0 Å². The Hall–Kier alpha value is -0.830. The van der Waals surface area contributed by atoms with Gasteiger partial charge >= 0.3 is 0 Å². The highest BCUT2D eigenvalue weighted by molar-refractivity contribution is 5.92. The van der Waals surface area contributed by atoms with E-state index in [0.717, 1.165) is 18.4 Å². The van der Waals surface area contributed by atoms with Crippen molar-refractivity contribution in [3.63, 3.8) is 0 Å². The minimum absolute atomic E-state index is 0.0122. The van der Waals surface area contributed by atoms with E-state index in [0.29, 0.717) is 5.92 Å². The van der Waals surface area contributed by atoms with Crippen LogP contribution in [-0.4, -0.2) is 25.1 Å². The molecule has 1 atom stereocenters. The maximum Gasteiger partial charge on any atom is 0.272 e. The van der Waals surface area contributed by atoms with Gasteiger partial charge < -0.3 is 0 Å². The fourth-order valence-corrected chi connectivity index (χ4v) is 1.36. The predicted molar refractivity (Wildman–Crippen MR) is 46.3 cm³/mol. The molecule has 1 amide bonds. The summed E-state index contributed by atoms with van der Waals surface area (Å²) in [4.78, 5) is 16.3. The standard InChI is InChI=1S/C9H15NO2/c1-7-4-5-8(6-7)9(11)10(2)12-3/h6-7H,4-5H2,1-3H3. The molecule has 3 nitrogen and oxygen atoms in total. The van der Waals surface area contributed by atoms with E-state index in [4.69, 9.17) is 4.84 Å². The molecule has 0 saturated heterocycles. The molecule has 1 rings (SSSR count). The second-order valence-electron chi connectivity index (χ2n) is 3.19. The van der Waals surface area contributed by atoms with Crippen LogP contribution in [0.2, 0.25) is 0 Å². The van der Waals surface area contributed by atoms with E-state index in [1.807, 2.05) is 6.08 Å². The highest BCUT2D eigenvalue weighted by atomic mass is 16.7. The SMILES string of the molecule is CON(C)C(=O)C1=CC(C)CC1. The van der Waals surface area contributed by atoms with E-state index in [1.54, 1.807) is 7.05 Å². The lowest BCUT2D eigenvalue weighted by Crippen LogP contribution is -2.26. The highest BCUT2D eigenvalue weighted by Gasteiger charge is 2.20. The average Bonchev–Trinajstić information content (AvgIpc) is 2.49. The lowest BCUT2D eigenvalue weighted by molar-refractivity contribution is -0.164. The molecule has 1 unspecified atom stereocenters. The predicted octanol–water partition coefficient (Wildman–Crippen LogP) is 1.36. The number of amides is 1. The maximum atomic E-state index is 11.5. The Bertz CT molecular complexity index is 211. The Morgan fingerprint density at radius 1 is 1.75 bits per heavy atom. The summed E-state index contributed by atoms with van der Waals surface area (Å²) in [7, 11) is 3.13. The number of hydrogen-bond acceptors (Lipinski definition) is 2. The molecule has 68 valence electrons. The fourth-order valence-electron chi connectivity index (χ4n) is 1.36. The minimum atomic E-state index is -0.0122. The number of carbonyl (C=O) groups excluding carboxylic acids is 1. The van der Waals surface area contributed by atoms with Gasteiger partial charge in [0.05, 0.1) is 7.11 Å². The molecule has 1 aliphatic carbocycles. The molecule has 1 aliphatic rings. The Labute approximate surface area is 73.0 Å². The molecular formula is C9H15NO2. The molecule has 0 N–H and O–H groups in total. The average molecular weight is 169 g/mol. The number of nitrogens with zero attached hydrogens (tertiary/aromatic N) is 1. The molecule has 0 aromatic rings. The molecule has 12 heavy (non-hydrogen) atoms. The lowest BCUT2D eigenvalue weighted by atomic mass is 10.2. The molecule has 0 aromatic carbocycles. The summed E-state index contributed by atoms with van der Waals surface area (Å²) in [5, 5.41) is 1.27. The van der Waals surface area contributed by atoms with Gasteiger partial charge in [-0.05, 0) is 18.8 Å². The van der Waals surface area contributed by atoms with Crippen molar-refractivity contribution >= 4 is 5.91 Å². The summed E-state index contributed by atoms with van der Waals surface area (Å²) in [6.45, 7) is 2.12. The summed E-state index contributed by atoms with van der Waals surface area (Å²) < 4.78 is 0. The van der Waals surface area contributed by atoms with Gasteiger partial charge in [0.25, 0.3) is 5.91 Å². The quantitative estimate of drug-likeness (QED) is 0.584. The zero-order valence-corrected chi connectivity index (χ0v) is 7.83. The van der Waals surface area contributed by atoms with Crippen molar-refractivity contribution in [2.24, 2.45) is 5.92 Å². The molecular weight excluding hydrogens is 154 g/mol. The van der Waals surface area contributed by atoms with Crippen LogP contribution in [0.3, 0.4) is 0 Å². The third-order valence-corrected chi connectivity index (χ3v) is 2.19. The highest BCUT2D eigenvalue weighted by Crippen LogP contribution is 2.24. The molecule has 3 heteroatoms. The van der Waals surface area contributed by atoms with Crippen molar-refractivity contribution in [1.29, 1.82) is 0 Å². The van der Waals surface area contributed by atoms with Gasteiger partial charge in [-0.25, -0.2) is 5.06 Å². The van der Waals surface area contributed by atoms with E-state index in [2.05, 4.69) is 6.92 Å². The third-order valence-electron chi connectivity index (χ3n) is 2.19. The Balaban J connectivity index is 2.59. The number of rotatable bonds is 2. The first-order valence-electron chi connectivity index (χ1n) is 4.18. The first-order chi connectivity index (χ1) is 5.65. The second-order valence-corrected chi connectivity index (χ2v) is 3.19. The molecule has 0 heterocycles. The lowest BCUT2D eigenvalue weighted by Gasteiger charge is -2.13. The molecule has 0 fully saturated rings. The van der Waals surface area contributed by atoms with Crippen LogP contribution in [0.5, 0.6) is 0 Å². The zero-order valence-electron chi connectivity index (χ0n) is 7.83. The van der Waals surface area contributed by atoms with Gasteiger partial charge in [-0.15, -0.1) is 0 Å². The van der Waals surface area contributed by atoms with Crippen LogP contribution in [0.4, 0.5) is 0 Å². The van der Waals surface area contributed by atoms with E-state index in [1.165, 1.54) is 12.2 Å². The van der Waals surface area contributed by atoms with E-state index < -0.39 is 0 Å². The first kappa shape index (κ1) is 9.26. The minimum Gasteiger partial charge on any atom is -0.274 e. The van der Waals surface area contributed by atoms with Crippen LogP contribution in [-0.2, 0) is 9.63 Å². The van der Waals surface area contributed by atoms with Gasteiger partial charge in [-0.1, -0.05) is 13.0 Å². The van der Waals surface area contributed by atoms with Gasteiger partial charge in [0.2, 0.25) is 0 Å². The largest absolute Gasteiger partial charge is 0.274 e. The van der Waals surface area contributed by atoms with Gasteiger partial charge in [0.15, 0.2) is 0 Å². The summed E-state index contributed by atoms with van der Waals surface area (Å²) in [6, 6.07) is 0. The van der Waals surface area contributed by atoms with Crippen LogP contribution in [0.25, 0.3) is 0 Å². The molecule has 0 bridgehead atoms. The normalized spacial score (nSPS) is 22.2. The van der Waals surface area contributed by atoms with Crippen LogP contribution in [0.15, 0.2) is 11.6 Å². The molecule has 0 saturated carbocycles. The van der Waals surface area contributed by atoms with E-state index in [-0.39, 0.29) is 5.91 Å².